The number of thiophene rings is 1. The summed E-state index contributed by atoms with van der Waals surface area (Å²) < 4.78 is 5.73. The number of fused-ring (bicyclic) bond motifs is 1. The fourth-order valence-corrected chi connectivity index (χ4v) is 3.28. The first-order valence-corrected chi connectivity index (χ1v) is 8.87. The van der Waals surface area contributed by atoms with E-state index >= 15 is 0 Å². The molecular formula is C21H15NO2S. The quantitative estimate of drug-likeness (QED) is 0.711. The van der Waals surface area contributed by atoms with Crippen molar-refractivity contribution in [2.24, 2.45) is 0 Å². The highest BCUT2D eigenvalue weighted by Crippen LogP contribution is 2.28. The van der Waals surface area contributed by atoms with Crippen LogP contribution in [0.25, 0.3) is 0 Å². The van der Waals surface area contributed by atoms with E-state index in [9.17, 15) is 4.79 Å². The monoisotopic (exact) mass is 345 g/mol. The molecule has 0 aliphatic carbocycles. The lowest BCUT2D eigenvalue weighted by atomic mass is 10.1. The van der Waals surface area contributed by atoms with Gasteiger partial charge in [0.1, 0.15) is 5.75 Å². The minimum absolute atomic E-state index is 0.139. The zero-order chi connectivity index (χ0) is 17.1. The fraction of sp³-hybridized carbons (Fsp3) is 0.0952. The number of hydrogen-bond acceptors (Lipinski definition) is 3. The van der Waals surface area contributed by atoms with Crippen LogP contribution in [0.3, 0.4) is 0 Å². The molecule has 4 heteroatoms. The Hall–Kier alpha value is -3.03. The van der Waals surface area contributed by atoms with Gasteiger partial charge in [-0.15, -0.1) is 11.3 Å². The Labute approximate surface area is 150 Å². The number of para-hydroxylation sites is 1. The summed E-state index contributed by atoms with van der Waals surface area (Å²) in [7, 11) is 0. The van der Waals surface area contributed by atoms with E-state index in [1.165, 1.54) is 0 Å². The van der Waals surface area contributed by atoms with E-state index in [0.29, 0.717) is 6.42 Å². The largest absolute Gasteiger partial charge is 0.480 e. The number of amides is 1. The van der Waals surface area contributed by atoms with Crippen molar-refractivity contribution >= 4 is 22.9 Å². The topological polar surface area (TPSA) is 38.3 Å². The predicted octanol–water partition coefficient (Wildman–Crippen LogP) is 4.09. The summed E-state index contributed by atoms with van der Waals surface area (Å²) in [6, 6.07) is 19.3. The minimum Gasteiger partial charge on any atom is -0.480 e. The summed E-state index contributed by atoms with van der Waals surface area (Å²) in [5, 5.41) is 4.92. The van der Waals surface area contributed by atoms with E-state index in [2.05, 4.69) is 17.2 Å². The molecule has 1 aromatic heterocycles. The van der Waals surface area contributed by atoms with Gasteiger partial charge >= 0.3 is 0 Å². The molecule has 1 amide bonds. The van der Waals surface area contributed by atoms with Crippen LogP contribution in [0.1, 0.15) is 16.0 Å². The number of hydrogen-bond donors (Lipinski definition) is 1. The number of carbonyl (C=O) groups is 1. The summed E-state index contributed by atoms with van der Waals surface area (Å²) >= 11 is 1.61. The van der Waals surface area contributed by atoms with Gasteiger partial charge in [0, 0.05) is 17.7 Å². The predicted molar refractivity (Wildman–Crippen MR) is 99.9 cm³/mol. The molecule has 25 heavy (non-hydrogen) atoms. The number of anilines is 1. The summed E-state index contributed by atoms with van der Waals surface area (Å²) in [6.07, 6.45) is 0.109. The van der Waals surface area contributed by atoms with Gasteiger partial charge in [-0.25, -0.2) is 0 Å². The van der Waals surface area contributed by atoms with Crippen molar-refractivity contribution < 1.29 is 9.53 Å². The zero-order valence-electron chi connectivity index (χ0n) is 13.4. The van der Waals surface area contributed by atoms with Crippen molar-refractivity contribution in [2.75, 3.05) is 5.32 Å². The smallest absolute Gasteiger partial charge is 0.265 e. The van der Waals surface area contributed by atoms with Gasteiger partial charge in [0.05, 0.1) is 4.88 Å². The molecule has 1 aliphatic heterocycles. The Morgan fingerprint density at radius 2 is 2.00 bits per heavy atom. The SMILES string of the molecule is O=C(Nc1cccc(C#Cc2cccs2)c1)[C@H]1Cc2ccccc2O1. The second-order valence-electron chi connectivity index (χ2n) is 5.72. The zero-order valence-corrected chi connectivity index (χ0v) is 14.2. The standard InChI is InChI=1S/C21H15NO2S/c23-21(20-14-16-6-1-2-9-19(16)24-20)22-17-7-3-5-15(13-17)10-11-18-8-4-12-25-18/h1-9,12-13,20H,14H2,(H,22,23)/t20-/m1/s1. The normalized spacial score (nSPS) is 14.8. The summed E-state index contributed by atoms with van der Waals surface area (Å²) in [5.74, 6) is 6.89. The van der Waals surface area contributed by atoms with Gasteiger partial charge < -0.3 is 10.1 Å². The Kier molecular flexibility index (Phi) is 4.24. The van der Waals surface area contributed by atoms with Crippen LogP contribution < -0.4 is 10.1 Å². The van der Waals surface area contributed by atoms with Gasteiger partial charge in [0.25, 0.3) is 5.91 Å². The molecule has 0 fully saturated rings. The lowest BCUT2D eigenvalue weighted by Gasteiger charge is -2.11. The second-order valence-corrected chi connectivity index (χ2v) is 6.66. The highest BCUT2D eigenvalue weighted by Gasteiger charge is 2.28. The molecule has 4 rings (SSSR count). The van der Waals surface area contributed by atoms with Crippen molar-refractivity contribution in [1.82, 2.24) is 0 Å². The fourth-order valence-electron chi connectivity index (χ4n) is 2.71. The number of carbonyl (C=O) groups excluding carboxylic acids is 1. The molecular weight excluding hydrogens is 330 g/mol. The van der Waals surface area contributed by atoms with Crippen LogP contribution in [-0.4, -0.2) is 12.0 Å². The minimum atomic E-state index is -0.488. The maximum Gasteiger partial charge on any atom is 0.265 e. The van der Waals surface area contributed by atoms with Crippen LogP contribution in [-0.2, 0) is 11.2 Å². The summed E-state index contributed by atoms with van der Waals surface area (Å²) in [4.78, 5) is 13.5. The third-order valence-electron chi connectivity index (χ3n) is 3.92. The molecule has 1 N–H and O–H groups in total. The van der Waals surface area contributed by atoms with Crippen LogP contribution in [0, 0.1) is 11.8 Å². The summed E-state index contributed by atoms with van der Waals surface area (Å²) in [5.41, 5.74) is 2.66. The van der Waals surface area contributed by atoms with Gasteiger partial charge in [0.2, 0.25) is 0 Å². The molecule has 1 atom stereocenters. The molecule has 2 aromatic carbocycles. The van der Waals surface area contributed by atoms with Crippen LogP contribution in [0.15, 0.2) is 66.0 Å². The van der Waals surface area contributed by atoms with Crippen molar-refractivity contribution in [1.29, 1.82) is 0 Å². The highest BCUT2D eigenvalue weighted by atomic mass is 32.1. The molecule has 0 saturated carbocycles. The van der Waals surface area contributed by atoms with E-state index in [0.717, 1.165) is 27.4 Å². The van der Waals surface area contributed by atoms with E-state index in [1.54, 1.807) is 11.3 Å². The first kappa shape index (κ1) is 15.5. The van der Waals surface area contributed by atoms with Crippen LogP contribution in [0.2, 0.25) is 0 Å². The number of benzene rings is 2. The Morgan fingerprint density at radius 1 is 1.08 bits per heavy atom. The first-order valence-electron chi connectivity index (χ1n) is 7.99. The van der Waals surface area contributed by atoms with E-state index in [4.69, 9.17) is 4.74 Å². The molecule has 0 spiro atoms. The highest BCUT2D eigenvalue weighted by molar-refractivity contribution is 7.10. The molecule has 0 bridgehead atoms. The lowest BCUT2D eigenvalue weighted by molar-refractivity contribution is -0.122. The third-order valence-corrected chi connectivity index (χ3v) is 4.71. The lowest BCUT2D eigenvalue weighted by Crippen LogP contribution is -2.31. The first-order chi connectivity index (χ1) is 12.3. The van der Waals surface area contributed by atoms with E-state index in [-0.39, 0.29) is 5.91 Å². The molecule has 0 radical (unpaired) electrons. The van der Waals surface area contributed by atoms with Crippen molar-refractivity contribution in [2.45, 2.75) is 12.5 Å². The van der Waals surface area contributed by atoms with Crippen LogP contribution in [0.4, 0.5) is 5.69 Å². The number of nitrogens with one attached hydrogen (secondary N) is 1. The van der Waals surface area contributed by atoms with Gasteiger partial charge in [-0.2, -0.15) is 0 Å². The molecule has 1 aliphatic rings. The maximum atomic E-state index is 12.5. The van der Waals surface area contributed by atoms with Gasteiger partial charge in [-0.1, -0.05) is 42.2 Å². The number of rotatable bonds is 2. The van der Waals surface area contributed by atoms with Crippen molar-refractivity contribution in [3.8, 4) is 17.6 Å². The van der Waals surface area contributed by atoms with Crippen molar-refractivity contribution in [3.05, 3.63) is 82.0 Å². The molecule has 3 nitrogen and oxygen atoms in total. The van der Waals surface area contributed by atoms with Gasteiger partial charge in [-0.3, -0.25) is 4.79 Å². The van der Waals surface area contributed by atoms with Gasteiger partial charge in [0.15, 0.2) is 6.10 Å². The Bertz CT molecular complexity index is 942. The molecule has 0 saturated heterocycles. The Morgan fingerprint density at radius 3 is 2.84 bits per heavy atom. The average molecular weight is 345 g/mol. The average Bonchev–Trinajstić information content (AvgIpc) is 3.29. The molecule has 122 valence electrons. The van der Waals surface area contributed by atoms with Crippen LogP contribution in [0.5, 0.6) is 5.75 Å². The molecule has 3 aromatic rings. The molecule has 2 heterocycles. The third kappa shape index (κ3) is 3.57. The van der Waals surface area contributed by atoms with Gasteiger partial charge in [-0.05, 0) is 41.3 Å². The van der Waals surface area contributed by atoms with E-state index < -0.39 is 6.10 Å². The summed E-state index contributed by atoms with van der Waals surface area (Å²) in [6.45, 7) is 0. The van der Waals surface area contributed by atoms with Crippen molar-refractivity contribution in [3.63, 3.8) is 0 Å². The van der Waals surface area contributed by atoms with E-state index in [1.807, 2.05) is 66.0 Å². The Balaban J connectivity index is 1.45. The molecule has 0 unspecified atom stereocenters. The maximum absolute atomic E-state index is 12.5. The second kappa shape index (κ2) is 6.84. The number of ether oxygens (including phenoxy) is 1. The van der Waals surface area contributed by atoms with Crippen LogP contribution >= 0.6 is 11.3 Å².